The zero-order chi connectivity index (χ0) is 10.8. The quantitative estimate of drug-likeness (QED) is 0.743. The Kier molecular flexibility index (Phi) is 2.82. The van der Waals surface area contributed by atoms with E-state index in [0.29, 0.717) is 5.56 Å². The molecule has 1 unspecified atom stereocenters. The maximum absolute atomic E-state index is 12.9. The molecule has 0 aromatic heterocycles. The topological polar surface area (TPSA) is 20.2 Å². The highest BCUT2D eigenvalue weighted by Crippen LogP contribution is 2.30. The summed E-state index contributed by atoms with van der Waals surface area (Å²) in [5, 5.41) is 9.88. The molecule has 0 aliphatic heterocycles. The van der Waals surface area contributed by atoms with Gasteiger partial charge in [0.05, 0.1) is 0 Å². The van der Waals surface area contributed by atoms with Crippen LogP contribution in [-0.2, 0) is 0 Å². The van der Waals surface area contributed by atoms with Crippen LogP contribution in [0.5, 0.6) is 0 Å². The number of hydrogen-bond donors (Lipinski definition) is 1. The predicted octanol–water partition coefficient (Wildman–Crippen LogP) is 3.11. The molecule has 1 aromatic rings. The van der Waals surface area contributed by atoms with Crippen molar-refractivity contribution in [3.63, 3.8) is 0 Å². The molecule has 0 fully saturated rings. The Morgan fingerprint density at radius 2 is 2.00 bits per heavy atom. The third-order valence-corrected chi connectivity index (χ3v) is 2.69. The fourth-order valence-corrected chi connectivity index (χ4v) is 1.84. The Morgan fingerprint density at radius 3 is 2.60 bits per heavy atom. The molecule has 0 bridgehead atoms. The van der Waals surface area contributed by atoms with Crippen LogP contribution in [0, 0.1) is 11.6 Å². The van der Waals surface area contributed by atoms with E-state index in [-0.39, 0.29) is 0 Å². The molecule has 0 radical (unpaired) electrons. The lowest BCUT2D eigenvalue weighted by atomic mass is 10.0. The smallest absolute Gasteiger partial charge is 0.159 e. The summed E-state index contributed by atoms with van der Waals surface area (Å²) in [6.45, 7) is 0. The summed E-state index contributed by atoms with van der Waals surface area (Å²) in [4.78, 5) is 0. The number of aliphatic hydroxyl groups excluding tert-OH is 1. The number of benzene rings is 1. The standard InChI is InChI=1S/C12H12F2O/c13-10-6-5-9(7-11(10)14)12(15)8-3-1-2-4-8/h3,5-7,12,15H,1-2,4H2. The first-order valence-electron chi connectivity index (χ1n) is 5.00. The van der Waals surface area contributed by atoms with Gasteiger partial charge in [-0.3, -0.25) is 0 Å². The van der Waals surface area contributed by atoms with Crippen molar-refractivity contribution in [2.75, 3.05) is 0 Å². The van der Waals surface area contributed by atoms with E-state index in [1.807, 2.05) is 6.08 Å². The normalized spacial score (nSPS) is 17.7. The van der Waals surface area contributed by atoms with Crippen molar-refractivity contribution < 1.29 is 13.9 Å². The van der Waals surface area contributed by atoms with E-state index in [9.17, 15) is 13.9 Å². The molecular formula is C12H12F2O. The summed E-state index contributed by atoms with van der Waals surface area (Å²) < 4.78 is 25.6. The molecular weight excluding hydrogens is 198 g/mol. The molecule has 1 aliphatic carbocycles. The van der Waals surface area contributed by atoms with Gasteiger partial charge in [0.2, 0.25) is 0 Å². The lowest BCUT2D eigenvalue weighted by Crippen LogP contribution is -2.01. The highest BCUT2D eigenvalue weighted by molar-refractivity contribution is 5.28. The minimum absolute atomic E-state index is 0.419. The van der Waals surface area contributed by atoms with Crippen LogP contribution < -0.4 is 0 Å². The summed E-state index contributed by atoms with van der Waals surface area (Å²) >= 11 is 0. The third-order valence-electron chi connectivity index (χ3n) is 2.69. The van der Waals surface area contributed by atoms with Crippen LogP contribution in [0.15, 0.2) is 29.8 Å². The average Bonchev–Trinajstić information content (AvgIpc) is 2.74. The number of aliphatic hydroxyl groups is 1. The van der Waals surface area contributed by atoms with Gasteiger partial charge in [-0.05, 0) is 42.5 Å². The van der Waals surface area contributed by atoms with Crippen molar-refractivity contribution in [2.45, 2.75) is 25.4 Å². The lowest BCUT2D eigenvalue weighted by Gasteiger charge is -2.12. The first-order chi connectivity index (χ1) is 7.18. The minimum Gasteiger partial charge on any atom is -0.384 e. The molecule has 0 spiro atoms. The Morgan fingerprint density at radius 1 is 1.20 bits per heavy atom. The van der Waals surface area contributed by atoms with Gasteiger partial charge in [-0.15, -0.1) is 0 Å². The summed E-state index contributed by atoms with van der Waals surface area (Å²) in [6, 6.07) is 3.52. The molecule has 1 N–H and O–H groups in total. The third kappa shape index (κ3) is 2.07. The molecule has 1 aliphatic rings. The Balaban J connectivity index is 2.25. The predicted molar refractivity (Wildman–Crippen MR) is 53.3 cm³/mol. The first kappa shape index (κ1) is 10.3. The van der Waals surface area contributed by atoms with Crippen LogP contribution in [0.1, 0.15) is 30.9 Å². The van der Waals surface area contributed by atoms with Crippen LogP contribution in [0.4, 0.5) is 8.78 Å². The van der Waals surface area contributed by atoms with Gasteiger partial charge in [-0.25, -0.2) is 8.78 Å². The van der Waals surface area contributed by atoms with Crippen LogP contribution in [0.2, 0.25) is 0 Å². The molecule has 2 rings (SSSR count). The highest BCUT2D eigenvalue weighted by atomic mass is 19.2. The van der Waals surface area contributed by atoms with Crippen molar-refractivity contribution in [1.82, 2.24) is 0 Å². The van der Waals surface area contributed by atoms with Gasteiger partial charge in [-0.2, -0.15) is 0 Å². The van der Waals surface area contributed by atoms with Gasteiger partial charge in [-0.1, -0.05) is 12.1 Å². The second-order valence-corrected chi connectivity index (χ2v) is 3.75. The summed E-state index contributed by atoms with van der Waals surface area (Å²) in [5.74, 6) is -1.79. The maximum Gasteiger partial charge on any atom is 0.159 e. The van der Waals surface area contributed by atoms with Crippen molar-refractivity contribution in [1.29, 1.82) is 0 Å². The lowest BCUT2D eigenvalue weighted by molar-refractivity contribution is 0.212. The van der Waals surface area contributed by atoms with Crippen LogP contribution in [0.25, 0.3) is 0 Å². The number of allylic oxidation sites excluding steroid dienone is 1. The molecule has 1 atom stereocenters. The summed E-state index contributed by atoms with van der Waals surface area (Å²) in [5.41, 5.74) is 1.32. The number of halogens is 2. The Bertz CT molecular complexity index is 399. The van der Waals surface area contributed by atoms with E-state index >= 15 is 0 Å². The minimum atomic E-state index is -0.912. The van der Waals surface area contributed by atoms with Gasteiger partial charge >= 0.3 is 0 Å². The molecule has 0 saturated carbocycles. The van der Waals surface area contributed by atoms with Crippen molar-refractivity contribution >= 4 is 0 Å². The first-order valence-corrected chi connectivity index (χ1v) is 5.00. The zero-order valence-electron chi connectivity index (χ0n) is 8.21. The molecule has 0 heterocycles. The summed E-state index contributed by atoms with van der Waals surface area (Å²) in [7, 11) is 0. The van der Waals surface area contributed by atoms with Crippen LogP contribution >= 0.6 is 0 Å². The van der Waals surface area contributed by atoms with Gasteiger partial charge < -0.3 is 5.11 Å². The van der Waals surface area contributed by atoms with E-state index in [1.54, 1.807) is 0 Å². The summed E-state index contributed by atoms with van der Waals surface area (Å²) in [6.07, 6.45) is 3.99. The molecule has 1 nitrogen and oxygen atoms in total. The molecule has 15 heavy (non-hydrogen) atoms. The zero-order valence-corrected chi connectivity index (χ0v) is 8.21. The van der Waals surface area contributed by atoms with Crippen LogP contribution in [0.3, 0.4) is 0 Å². The maximum atomic E-state index is 12.9. The van der Waals surface area contributed by atoms with E-state index in [0.717, 1.165) is 37.0 Å². The molecule has 1 aromatic carbocycles. The van der Waals surface area contributed by atoms with E-state index in [2.05, 4.69) is 0 Å². The monoisotopic (exact) mass is 210 g/mol. The fourth-order valence-electron chi connectivity index (χ4n) is 1.84. The largest absolute Gasteiger partial charge is 0.384 e. The fraction of sp³-hybridized carbons (Fsp3) is 0.333. The van der Waals surface area contributed by atoms with E-state index in [1.165, 1.54) is 6.07 Å². The van der Waals surface area contributed by atoms with E-state index in [4.69, 9.17) is 0 Å². The van der Waals surface area contributed by atoms with E-state index < -0.39 is 17.7 Å². The van der Waals surface area contributed by atoms with Crippen molar-refractivity contribution in [3.05, 3.63) is 47.0 Å². The Labute approximate surface area is 87.1 Å². The second-order valence-electron chi connectivity index (χ2n) is 3.75. The second kappa shape index (κ2) is 4.11. The molecule has 0 saturated heterocycles. The van der Waals surface area contributed by atoms with Crippen molar-refractivity contribution in [3.8, 4) is 0 Å². The SMILES string of the molecule is OC(C1=CCCC1)c1ccc(F)c(F)c1. The molecule has 80 valence electrons. The average molecular weight is 210 g/mol. The highest BCUT2D eigenvalue weighted by Gasteiger charge is 2.17. The van der Waals surface area contributed by atoms with Gasteiger partial charge in [0.25, 0.3) is 0 Å². The Hall–Kier alpha value is -1.22. The molecule has 3 heteroatoms. The van der Waals surface area contributed by atoms with Crippen LogP contribution in [-0.4, -0.2) is 5.11 Å². The number of hydrogen-bond acceptors (Lipinski definition) is 1. The van der Waals surface area contributed by atoms with Gasteiger partial charge in [0.15, 0.2) is 11.6 Å². The van der Waals surface area contributed by atoms with Gasteiger partial charge in [0, 0.05) is 0 Å². The molecule has 0 amide bonds. The number of rotatable bonds is 2. The van der Waals surface area contributed by atoms with Crippen molar-refractivity contribution in [2.24, 2.45) is 0 Å². The van der Waals surface area contributed by atoms with Gasteiger partial charge in [0.1, 0.15) is 6.10 Å².